The van der Waals surface area contributed by atoms with Crippen LogP contribution in [0.3, 0.4) is 0 Å². The first-order valence-corrected chi connectivity index (χ1v) is 9.84. The molecule has 0 aromatic carbocycles. The van der Waals surface area contributed by atoms with Crippen LogP contribution in [0.4, 0.5) is 0 Å². The summed E-state index contributed by atoms with van der Waals surface area (Å²) in [5, 5.41) is 6.75. The normalized spacial score (nSPS) is 16.4. The number of likely N-dealkylation sites (tertiary alicyclic amines) is 1. The van der Waals surface area contributed by atoms with Gasteiger partial charge in [-0.15, -0.1) is 0 Å². The Kier molecular flexibility index (Phi) is 7.21. The van der Waals surface area contributed by atoms with Crippen LogP contribution in [0.5, 0.6) is 0 Å². The molecule has 0 radical (unpaired) electrons. The van der Waals surface area contributed by atoms with Crippen LogP contribution >= 0.6 is 0 Å². The lowest BCUT2D eigenvalue weighted by molar-refractivity contribution is 0.191. The smallest absolute Gasteiger partial charge is 0.191 e. The number of piperidine rings is 1. The minimum absolute atomic E-state index is 0.695. The first-order valence-electron chi connectivity index (χ1n) is 9.84. The SMILES string of the molecule is CN=C(NCCCN1CCC(C)CC1)NCc1ccc(-n2ccnc2)nc1. The molecule has 0 atom stereocenters. The monoisotopic (exact) mass is 369 g/mol. The van der Waals surface area contributed by atoms with Crippen molar-refractivity contribution in [2.45, 2.75) is 32.7 Å². The highest BCUT2D eigenvalue weighted by Crippen LogP contribution is 2.15. The first kappa shape index (κ1) is 19.4. The average molecular weight is 370 g/mol. The molecule has 0 spiro atoms. The Morgan fingerprint density at radius 2 is 2.11 bits per heavy atom. The highest BCUT2D eigenvalue weighted by Gasteiger charge is 2.14. The van der Waals surface area contributed by atoms with E-state index in [9.17, 15) is 0 Å². The van der Waals surface area contributed by atoms with Gasteiger partial charge in [0.1, 0.15) is 12.1 Å². The molecule has 0 unspecified atom stereocenters. The third kappa shape index (κ3) is 6.06. The van der Waals surface area contributed by atoms with Crippen LogP contribution in [0, 0.1) is 5.92 Å². The Morgan fingerprint density at radius 1 is 1.26 bits per heavy atom. The van der Waals surface area contributed by atoms with Gasteiger partial charge in [0.2, 0.25) is 0 Å². The van der Waals surface area contributed by atoms with Gasteiger partial charge in [-0.1, -0.05) is 13.0 Å². The second-order valence-corrected chi connectivity index (χ2v) is 7.22. The molecule has 2 aromatic rings. The molecule has 2 N–H and O–H groups in total. The molecule has 0 amide bonds. The van der Waals surface area contributed by atoms with E-state index < -0.39 is 0 Å². The van der Waals surface area contributed by atoms with Crippen molar-refractivity contribution in [2.75, 3.05) is 33.2 Å². The van der Waals surface area contributed by atoms with E-state index >= 15 is 0 Å². The van der Waals surface area contributed by atoms with E-state index in [1.54, 1.807) is 12.5 Å². The third-order valence-electron chi connectivity index (χ3n) is 5.08. The predicted octanol–water partition coefficient (Wildman–Crippen LogP) is 2.05. The van der Waals surface area contributed by atoms with Crippen molar-refractivity contribution < 1.29 is 0 Å². The minimum Gasteiger partial charge on any atom is -0.356 e. The quantitative estimate of drug-likeness (QED) is 0.444. The Morgan fingerprint density at radius 3 is 2.78 bits per heavy atom. The van der Waals surface area contributed by atoms with E-state index in [4.69, 9.17) is 0 Å². The molecule has 0 saturated carbocycles. The fourth-order valence-electron chi connectivity index (χ4n) is 3.27. The summed E-state index contributed by atoms with van der Waals surface area (Å²) in [6, 6.07) is 4.06. The number of rotatable bonds is 7. The molecule has 7 nitrogen and oxygen atoms in total. The van der Waals surface area contributed by atoms with Crippen LogP contribution < -0.4 is 10.6 Å². The van der Waals surface area contributed by atoms with Crippen molar-refractivity contribution in [3.63, 3.8) is 0 Å². The van der Waals surface area contributed by atoms with Crippen molar-refractivity contribution in [3.05, 3.63) is 42.6 Å². The van der Waals surface area contributed by atoms with E-state index in [2.05, 4.69) is 43.5 Å². The molecule has 0 bridgehead atoms. The molecular formula is C20H31N7. The molecule has 3 heterocycles. The van der Waals surface area contributed by atoms with Gasteiger partial charge in [-0.05, 0) is 56.4 Å². The zero-order valence-electron chi connectivity index (χ0n) is 16.4. The standard InChI is InChI=1S/C20H31N7/c1-17-6-11-26(12-7-17)10-3-8-23-20(21-2)25-15-18-4-5-19(24-14-18)27-13-9-22-16-27/h4-5,9,13-14,16-17H,3,6-8,10-12,15H2,1-2H3,(H2,21,23,25). The fraction of sp³-hybridized carbons (Fsp3) is 0.550. The third-order valence-corrected chi connectivity index (χ3v) is 5.08. The summed E-state index contributed by atoms with van der Waals surface area (Å²) in [6.45, 7) is 7.64. The number of hydrogen-bond acceptors (Lipinski definition) is 4. The molecular weight excluding hydrogens is 338 g/mol. The van der Waals surface area contributed by atoms with E-state index in [0.29, 0.717) is 6.54 Å². The Hall–Kier alpha value is -2.41. The lowest BCUT2D eigenvalue weighted by atomic mass is 9.99. The van der Waals surface area contributed by atoms with Crippen molar-refractivity contribution in [1.82, 2.24) is 30.1 Å². The van der Waals surface area contributed by atoms with Gasteiger partial charge >= 0.3 is 0 Å². The number of imidazole rings is 1. The summed E-state index contributed by atoms with van der Waals surface area (Å²) in [5.41, 5.74) is 1.12. The van der Waals surface area contributed by atoms with E-state index in [0.717, 1.165) is 42.8 Å². The zero-order chi connectivity index (χ0) is 18.9. The van der Waals surface area contributed by atoms with Crippen LogP contribution in [-0.2, 0) is 6.54 Å². The Labute approximate surface area is 161 Å². The number of nitrogens with one attached hydrogen (secondary N) is 2. The molecule has 146 valence electrons. The summed E-state index contributed by atoms with van der Waals surface area (Å²) in [7, 11) is 1.81. The molecule has 2 aromatic heterocycles. The van der Waals surface area contributed by atoms with Gasteiger partial charge in [0.05, 0.1) is 0 Å². The predicted molar refractivity (Wildman–Crippen MR) is 109 cm³/mol. The maximum atomic E-state index is 4.47. The maximum absolute atomic E-state index is 4.47. The van der Waals surface area contributed by atoms with Crippen LogP contribution in [0.1, 0.15) is 31.7 Å². The second kappa shape index (κ2) is 10.1. The highest BCUT2D eigenvalue weighted by molar-refractivity contribution is 5.79. The number of aromatic nitrogens is 3. The van der Waals surface area contributed by atoms with Crippen molar-refractivity contribution in [3.8, 4) is 5.82 Å². The molecule has 27 heavy (non-hydrogen) atoms. The van der Waals surface area contributed by atoms with Gasteiger partial charge in [-0.2, -0.15) is 0 Å². The zero-order valence-corrected chi connectivity index (χ0v) is 16.4. The lowest BCUT2D eigenvalue weighted by Gasteiger charge is -2.30. The Balaban J connectivity index is 1.35. The highest BCUT2D eigenvalue weighted by atomic mass is 15.2. The van der Waals surface area contributed by atoms with Gasteiger partial charge in [-0.3, -0.25) is 9.56 Å². The average Bonchev–Trinajstić information content (AvgIpc) is 3.24. The summed E-state index contributed by atoms with van der Waals surface area (Å²) in [5.74, 6) is 2.60. The minimum atomic E-state index is 0.695. The van der Waals surface area contributed by atoms with E-state index in [1.165, 1.54) is 25.9 Å². The molecule has 1 fully saturated rings. The summed E-state index contributed by atoms with van der Waals surface area (Å²) < 4.78 is 1.89. The molecule has 7 heteroatoms. The van der Waals surface area contributed by atoms with E-state index in [-0.39, 0.29) is 0 Å². The number of pyridine rings is 1. The summed E-state index contributed by atoms with van der Waals surface area (Å²) in [4.78, 5) is 15.4. The second-order valence-electron chi connectivity index (χ2n) is 7.22. The maximum Gasteiger partial charge on any atom is 0.191 e. The van der Waals surface area contributed by atoms with Crippen LogP contribution in [0.2, 0.25) is 0 Å². The largest absolute Gasteiger partial charge is 0.356 e. The van der Waals surface area contributed by atoms with Gasteiger partial charge < -0.3 is 15.5 Å². The number of guanidine groups is 1. The molecule has 3 rings (SSSR count). The first-order chi connectivity index (χ1) is 13.2. The molecule has 0 aliphatic carbocycles. The molecule has 1 aliphatic heterocycles. The number of aliphatic imine (C=N–C) groups is 1. The summed E-state index contributed by atoms with van der Waals surface area (Å²) in [6.07, 6.45) is 11.1. The van der Waals surface area contributed by atoms with Gasteiger partial charge in [0, 0.05) is 38.7 Å². The molecule has 1 aliphatic rings. The van der Waals surface area contributed by atoms with Gasteiger partial charge in [0.15, 0.2) is 5.96 Å². The summed E-state index contributed by atoms with van der Waals surface area (Å²) >= 11 is 0. The van der Waals surface area contributed by atoms with Crippen LogP contribution in [0.15, 0.2) is 42.0 Å². The van der Waals surface area contributed by atoms with Crippen LogP contribution in [0.25, 0.3) is 5.82 Å². The topological polar surface area (TPSA) is 70.4 Å². The van der Waals surface area contributed by atoms with E-state index in [1.807, 2.05) is 30.1 Å². The lowest BCUT2D eigenvalue weighted by Crippen LogP contribution is -2.39. The van der Waals surface area contributed by atoms with Crippen molar-refractivity contribution in [1.29, 1.82) is 0 Å². The van der Waals surface area contributed by atoms with Gasteiger partial charge in [-0.25, -0.2) is 9.97 Å². The number of nitrogens with zero attached hydrogens (tertiary/aromatic N) is 5. The Bertz CT molecular complexity index is 686. The fourth-order valence-corrected chi connectivity index (χ4v) is 3.27. The van der Waals surface area contributed by atoms with Gasteiger partial charge in [0.25, 0.3) is 0 Å². The van der Waals surface area contributed by atoms with Crippen LogP contribution in [-0.4, -0.2) is 58.6 Å². The molecule has 1 saturated heterocycles. The van der Waals surface area contributed by atoms with Crippen molar-refractivity contribution >= 4 is 5.96 Å². The number of hydrogen-bond donors (Lipinski definition) is 2. The van der Waals surface area contributed by atoms with Crippen molar-refractivity contribution in [2.24, 2.45) is 10.9 Å².